The van der Waals surface area contributed by atoms with Gasteiger partial charge in [-0.2, -0.15) is 0 Å². The molecule has 2 unspecified atom stereocenters. The van der Waals surface area contributed by atoms with Crippen molar-refractivity contribution in [1.82, 2.24) is 4.90 Å². The number of benzene rings is 1. The first kappa shape index (κ1) is 18.6. The van der Waals surface area contributed by atoms with Gasteiger partial charge in [0.25, 0.3) is 0 Å². The fraction of sp³-hybridized carbons (Fsp3) is 0.467. The van der Waals surface area contributed by atoms with E-state index in [1.807, 2.05) is 0 Å². The molecular formula is C15H12Cl3F3N2O2. The van der Waals surface area contributed by atoms with E-state index in [1.54, 1.807) is 0 Å². The average molecular weight is 416 g/mol. The summed E-state index contributed by atoms with van der Waals surface area (Å²) in [5, 5.41) is 0. The number of rotatable bonds is 3. The van der Waals surface area contributed by atoms with Crippen molar-refractivity contribution >= 4 is 52.3 Å². The van der Waals surface area contributed by atoms with E-state index in [-0.39, 0.29) is 25.1 Å². The number of carbonyl (C=O) groups excluding carboxylic acids is 2. The molecule has 0 bridgehead atoms. The van der Waals surface area contributed by atoms with E-state index in [0.29, 0.717) is 0 Å². The van der Waals surface area contributed by atoms with E-state index in [1.165, 1.54) is 7.05 Å². The van der Waals surface area contributed by atoms with Gasteiger partial charge in [-0.05, 0) is 6.42 Å². The van der Waals surface area contributed by atoms with Crippen molar-refractivity contribution in [1.29, 1.82) is 0 Å². The molecule has 2 atom stereocenters. The van der Waals surface area contributed by atoms with Gasteiger partial charge in [0, 0.05) is 37.8 Å². The molecule has 1 aliphatic carbocycles. The van der Waals surface area contributed by atoms with Gasteiger partial charge in [-0.3, -0.25) is 9.59 Å². The summed E-state index contributed by atoms with van der Waals surface area (Å²) in [6.07, 6.45) is 0.263. The first-order valence-corrected chi connectivity index (χ1v) is 8.43. The molecule has 1 aromatic carbocycles. The summed E-state index contributed by atoms with van der Waals surface area (Å²) in [5.41, 5.74) is -0.124. The number of carbonyl (C=O) groups is 2. The zero-order valence-electron chi connectivity index (χ0n) is 12.8. The van der Waals surface area contributed by atoms with Crippen molar-refractivity contribution in [3.63, 3.8) is 0 Å². The third-order valence-corrected chi connectivity index (χ3v) is 6.23. The van der Waals surface area contributed by atoms with E-state index < -0.39 is 44.5 Å². The lowest BCUT2D eigenvalue weighted by Crippen LogP contribution is -2.47. The molecule has 1 aromatic rings. The van der Waals surface area contributed by atoms with Gasteiger partial charge in [0.05, 0.1) is 0 Å². The summed E-state index contributed by atoms with van der Waals surface area (Å²) in [4.78, 5) is 25.7. The Morgan fingerprint density at radius 2 is 1.76 bits per heavy atom. The smallest absolute Gasteiger partial charge is 0.249 e. The van der Waals surface area contributed by atoms with Crippen LogP contribution in [0, 0.1) is 17.5 Å². The second kappa shape index (κ2) is 5.93. The number of amides is 2. The van der Waals surface area contributed by atoms with Crippen LogP contribution in [0.2, 0.25) is 0 Å². The van der Waals surface area contributed by atoms with Gasteiger partial charge in [0.2, 0.25) is 11.8 Å². The van der Waals surface area contributed by atoms with Crippen molar-refractivity contribution in [2.75, 3.05) is 18.5 Å². The highest BCUT2D eigenvalue weighted by molar-refractivity contribution is 6.62. The van der Waals surface area contributed by atoms with Crippen LogP contribution in [0.3, 0.4) is 0 Å². The Kier molecular flexibility index (Phi) is 4.41. The van der Waals surface area contributed by atoms with Gasteiger partial charge >= 0.3 is 0 Å². The SMILES string of the molecule is CN(C(=O)C1(Cl)CC1(Cl)Cl)C1CCN(c2cc(F)c(F)c(F)c2)C1=O. The Hall–Kier alpha value is -1.18. The number of alkyl halides is 3. The quantitative estimate of drug-likeness (QED) is 0.562. The molecule has 1 saturated heterocycles. The summed E-state index contributed by atoms with van der Waals surface area (Å²) >= 11 is 17.9. The maximum atomic E-state index is 13.4. The molecule has 4 nitrogen and oxygen atoms in total. The maximum Gasteiger partial charge on any atom is 0.249 e. The molecule has 10 heteroatoms. The lowest BCUT2D eigenvalue weighted by molar-refractivity contribution is -0.137. The number of likely N-dealkylation sites (N-methyl/N-ethyl adjacent to an activating group) is 1. The Balaban J connectivity index is 1.79. The van der Waals surface area contributed by atoms with Crippen LogP contribution in [0.15, 0.2) is 12.1 Å². The van der Waals surface area contributed by atoms with E-state index in [9.17, 15) is 22.8 Å². The number of hydrogen-bond donors (Lipinski definition) is 0. The minimum absolute atomic E-state index is 0.0485. The predicted molar refractivity (Wildman–Crippen MR) is 87.5 cm³/mol. The normalized spacial score (nSPS) is 27.6. The van der Waals surface area contributed by atoms with Gasteiger partial charge < -0.3 is 9.80 Å². The number of anilines is 1. The third kappa shape index (κ3) is 2.86. The molecule has 136 valence electrons. The topological polar surface area (TPSA) is 40.6 Å². The molecule has 2 amide bonds. The molecule has 0 aromatic heterocycles. The molecule has 2 aliphatic rings. The van der Waals surface area contributed by atoms with Crippen molar-refractivity contribution < 1.29 is 22.8 Å². The summed E-state index contributed by atoms with van der Waals surface area (Å²) in [5.74, 6) is -5.57. The fourth-order valence-corrected chi connectivity index (χ4v) is 3.93. The minimum Gasteiger partial charge on any atom is -0.332 e. The molecule has 2 fully saturated rings. The summed E-state index contributed by atoms with van der Waals surface area (Å²) < 4.78 is 38.5. The summed E-state index contributed by atoms with van der Waals surface area (Å²) in [6.45, 7) is 0.105. The van der Waals surface area contributed by atoms with Crippen LogP contribution < -0.4 is 4.90 Å². The molecule has 1 saturated carbocycles. The zero-order chi connectivity index (χ0) is 18.7. The molecule has 25 heavy (non-hydrogen) atoms. The monoisotopic (exact) mass is 414 g/mol. The lowest BCUT2D eigenvalue weighted by atomic mass is 10.2. The Labute approximate surface area is 156 Å². The Bertz CT molecular complexity index is 753. The molecule has 3 rings (SSSR count). The maximum absolute atomic E-state index is 13.4. The van der Waals surface area contributed by atoms with Gasteiger partial charge in [-0.1, -0.05) is 23.2 Å². The van der Waals surface area contributed by atoms with Gasteiger partial charge in [-0.25, -0.2) is 13.2 Å². The molecule has 1 aliphatic heterocycles. The molecule has 0 spiro atoms. The van der Waals surface area contributed by atoms with E-state index >= 15 is 0 Å². The van der Waals surface area contributed by atoms with E-state index in [4.69, 9.17) is 34.8 Å². The Morgan fingerprint density at radius 1 is 1.24 bits per heavy atom. The van der Waals surface area contributed by atoms with Crippen LogP contribution >= 0.6 is 34.8 Å². The van der Waals surface area contributed by atoms with E-state index in [0.717, 1.165) is 21.9 Å². The zero-order valence-corrected chi connectivity index (χ0v) is 15.1. The third-order valence-electron chi connectivity index (χ3n) is 4.50. The highest BCUT2D eigenvalue weighted by Gasteiger charge is 2.72. The molecule has 1 heterocycles. The second-order valence-electron chi connectivity index (χ2n) is 6.12. The van der Waals surface area contributed by atoms with Gasteiger partial charge in [0.15, 0.2) is 22.3 Å². The predicted octanol–water partition coefficient (Wildman–Crippen LogP) is 3.22. The van der Waals surface area contributed by atoms with Gasteiger partial charge in [0.1, 0.15) is 10.4 Å². The fourth-order valence-electron chi connectivity index (χ4n) is 2.89. The van der Waals surface area contributed by atoms with Crippen LogP contribution in [-0.2, 0) is 9.59 Å². The highest BCUT2D eigenvalue weighted by Crippen LogP contribution is 2.62. The number of nitrogens with zero attached hydrogens (tertiary/aromatic N) is 2. The van der Waals surface area contributed by atoms with Crippen LogP contribution in [0.25, 0.3) is 0 Å². The number of hydrogen-bond acceptors (Lipinski definition) is 2. The van der Waals surface area contributed by atoms with Crippen LogP contribution in [0.4, 0.5) is 18.9 Å². The van der Waals surface area contributed by atoms with Crippen LogP contribution in [0.5, 0.6) is 0 Å². The molecular weight excluding hydrogens is 404 g/mol. The van der Waals surface area contributed by atoms with E-state index in [2.05, 4.69) is 0 Å². The lowest BCUT2D eigenvalue weighted by Gasteiger charge is -2.26. The Morgan fingerprint density at radius 3 is 2.24 bits per heavy atom. The minimum atomic E-state index is -1.61. The largest absolute Gasteiger partial charge is 0.332 e. The highest BCUT2D eigenvalue weighted by atomic mass is 35.5. The van der Waals surface area contributed by atoms with Crippen molar-refractivity contribution in [2.24, 2.45) is 0 Å². The second-order valence-corrected chi connectivity index (χ2v) is 8.25. The standard InChI is InChI=1S/C15H12Cl3F3N2O2/c1-22(13(25)14(16)6-15(14,17)18)10-2-3-23(12(10)24)7-4-8(19)11(21)9(20)5-7/h4-5,10H,2-3,6H2,1H3. The van der Waals surface area contributed by atoms with Crippen molar-refractivity contribution in [3.8, 4) is 0 Å². The number of halogens is 6. The summed E-state index contributed by atoms with van der Waals surface area (Å²) in [6, 6.07) is 0.573. The molecule has 0 N–H and O–H groups in total. The molecule has 0 radical (unpaired) electrons. The van der Waals surface area contributed by atoms with Crippen LogP contribution in [0.1, 0.15) is 12.8 Å². The average Bonchev–Trinajstić information content (AvgIpc) is 2.87. The van der Waals surface area contributed by atoms with Crippen molar-refractivity contribution in [2.45, 2.75) is 28.1 Å². The van der Waals surface area contributed by atoms with Crippen LogP contribution in [-0.4, -0.2) is 45.6 Å². The first-order chi connectivity index (χ1) is 11.5. The van der Waals surface area contributed by atoms with Crippen molar-refractivity contribution in [3.05, 3.63) is 29.6 Å². The van der Waals surface area contributed by atoms with Gasteiger partial charge in [-0.15, -0.1) is 11.6 Å². The first-order valence-electron chi connectivity index (χ1n) is 7.29. The summed E-state index contributed by atoms with van der Waals surface area (Å²) in [7, 11) is 1.38.